The molecule has 1 aliphatic rings. The highest BCUT2D eigenvalue weighted by Gasteiger charge is 2.19. The summed E-state index contributed by atoms with van der Waals surface area (Å²) < 4.78 is 11.1. The predicted molar refractivity (Wildman–Crippen MR) is 112 cm³/mol. The molecule has 6 nitrogen and oxygen atoms in total. The molecule has 1 aromatic carbocycles. The number of aryl methyl sites for hydroxylation is 1. The lowest BCUT2D eigenvalue weighted by Crippen LogP contribution is -2.40. The van der Waals surface area contributed by atoms with Gasteiger partial charge >= 0.3 is 0 Å². The molecule has 2 rings (SSSR count). The second-order valence-corrected chi connectivity index (χ2v) is 7.30. The van der Waals surface area contributed by atoms with Crippen LogP contribution in [0.5, 0.6) is 5.75 Å². The van der Waals surface area contributed by atoms with Gasteiger partial charge in [0.25, 0.3) is 0 Å². The first-order valence-corrected chi connectivity index (χ1v) is 10.0. The Morgan fingerprint density at radius 3 is 2.85 bits per heavy atom. The molecule has 1 unspecified atom stereocenters. The van der Waals surface area contributed by atoms with Crippen molar-refractivity contribution in [3.8, 4) is 5.75 Å². The van der Waals surface area contributed by atoms with Gasteiger partial charge in [-0.2, -0.15) is 0 Å². The number of guanidine groups is 1. The Morgan fingerprint density at radius 1 is 1.30 bits per heavy atom. The van der Waals surface area contributed by atoms with Gasteiger partial charge in [-0.05, 0) is 51.4 Å². The number of benzene rings is 1. The zero-order valence-corrected chi connectivity index (χ0v) is 17.4. The monoisotopic (exact) mass is 376 g/mol. The maximum atomic E-state index is 5.97. The van der Waals surface area contributed by atoms with Gasteiger partial charge in [-0.1, -0.05) is 12.1 Å². The average Bonchev–Trinajstić information content (AvgIpc) is 3.07. The molecule has 0 spiro atoms. The van der Waals surface area contributed by atoms with Gasteiger partial charge in [-0.15, -0.1) is 0 Å². The topological polar surface area (TPSA) is 58.1 Å². The molecular formula is C21H36N4O2. The summed E-state index contributed by atoms with van der Waals surface area (Å²) in [5.74, 6) is 2.49. The minimum atomic E-state index is 0.597. The second-order valence-electron chi connectivity index (χ2n) is 7.30. The fourth-order valence-corrected chi connectivity index (χ4v) is 3.25. The fraction of sp³-hybridized carbons (Fsp3) is 0.667. The van der Waals surface area contributed by atoms with Crippen molar-refractivity contribution in [3.63, 3.8) is 0 Å². The van der Waals surface area contributed by atoms with E-state index in [1.807, 2.05) is 0 Å². The first kappa shape index (κ1) is 21.5. The summed E-state index contributed by atoms with van der Waals surface area (Å²) in [6.45, 7) is 10.3. The molecule has 0 aliphatic carbocycles. The lowest BCUT2D eigenvalue weighted by molar-refractivity contribution is 0.172. The van der Waals surface area contributed by atoms with Crippen LogP contribution in [0.3, 0.4) is 0 Å². The summed E-state index contributed by atoms with van der Waals surface area (Å²) >= 11 is 0. The van der Waals surface area contributed by atoms with E-state index in [0.717, 1.165) is 43.3 Å². The van der Waals surface area contributed by atoms with Crippen LogP contribution in [0, 0.1) is 12.8 Å². The lowest BCUT2D eigenvalue weighted by Gasteiger charge is -2.16. The Kier molecular flexibility index (Phi) is 9.42. The van der Waals surface area contributed by atoms with E-state index in [1.165, 1.54) is 18.5 Å². The van der Waals surface area contributed by atoms with Crippen LogP contribution in [0.15, 0.2) is 23.2 Å². The standard InChI is InChI=1S/C21H36N4O2/c1-5-22-21(23-14-18-9-10-25(3)16-18)24-15-19-8-7-17(2)13-20(19)27-12-6-11-26-4/h7-8,13,18H,5-6,9-12,14-16H2,1-4H3,(H2,22,23,24). The molecule has 0 saturated carbocycles. The van der Waals surface area contributed by atoms with Crippen molar-refractivity contribution in [2.24, 2.45) is 10.9 Å². The first-order chi connectivity index (χ1) is 13.1. The van der Waals surface area contributed by atoms with Gasteiger partial charge < -0.3 is 25.0 Å². The van der Waals surface area contributed by atoms with Gasteiger partial charge in [0.05, 0.1) is 13.2 Å². The van der Waals surface area contributed by atoms with Crippen LogP contribution in [0.4, 0.5) is 0 Å². The Bertz CT molecular complexity index is 592. The number of hydrogen-bond acceptors (Lipinski definition) is 4. The number of ether oxygens (including phenoxy) is 2. The lowest BCUT2D eigenvalue weighted by atomic mass is 10.1. The molecular weight excluding hydrogens is 340 g/mol. The van der Waals surface area contributed by atoms with Crippen molar-refractivity contribution in [1.82, 2.24) is 15.5 Å². The molecule has 1 fully saturated rings. The first-order valence-electron chi connectivity index (χ1n) is 10.0. The smallest absolute Gasteiger partial charge is 0.191 e. The van der Waals surface area contributed by atoms with Crippen LogP contribution < -0.4 is 15.4 Å². The minimum Gasteiger partial charge on any atom is -0.493 e. The van der Waals surface area contributed by atoms with Gasteiger partial charge in [0, 0.05) is 45.3 Å². The summed E-state index contributed by atoms with van der Waals surface area (Å²) in [5, 5.41) is 6.85. The molecule has 152 valence electrons. The van der Waals surface area contributed by atoms with Crippen molar-refractivity contribution >= 4 is 5.96 Å². The summed E-state index contributed by atoms with van der Waals surface area (Å²) in [6.07, 6.45) is 2.13. The normalized spacial score (nSPS) is 17.9. The molecule has 1 atom stereocenters. The molecule has 0 aromatic heterocycles. The van der Waals surface area contributed by atoms with Gasteiger partial charge in [-0.3, -0.25) is 0 Å². The van der Waals surface area contributed by atoms with E-state index in [2.05, 4.69) is 54.6 Å². The van der Waals surface area contributed by atoms with E-state index in [4.69, 9.17) is 14.5 Å². The van der Waals surface area contributed by atoms with Crippen molar-refractivity contribution in [2.75, 3.05) is 53.6 Å². The van der Waals surface area contributed by atoms with Crippen LogP contribution in [0.2, 0.25) is 0 Å². The number of methoxy groups -OCH3 is 1. The Labute approximate surface area is 164 Å². The van der Waals surface area contributed by atoms with E-state index in [9.17, 15) is 0 Å². The van der Waals surface area contributed by atoms with E-state index in [-0.39, 0.29) is 0 Å². The molecule has 1 aromatic rings. The van der Waals surface area contributed by atoms with E-state index < -0.39 is 0 Å². The molecule has 27 heavy (non-hydrogen) atoms. The molecule has 1 saturated heterocycles. The number of aliphatic imine (C=N–C) groups is 1. The van der Waals surface area contributed by atoms with E-state index >= 15 is 0 Å². The number of hydrogen-bond donors (Lipinski definition) is 2. The largest absolute Gasteiger partial charge is 0.493 e. The number of likely N-dealkylation sites (tertiary alicyclic amines) is 1. The molecule has 0 radical (unpaired) electrons. The maximum Gasteiger partial charge on any atom is 0.191 e. The highest BCUT2D eigenvalue weighted by Crippen LogP contribution is 2.21. The van der Waals surface area contributed by atoms with Gasteiger partial charge in [0.15, 0.2) is 5.96 Å². The van der Waals surface area contributed by atoms with Gasteiger partial charge in [0.1, 0.15) is 5.75 Å². The van der Waals surface area contributed by atoms with Crippen LogP contribution in [0.1, 0.15) is 30.9 Å². The molecule has 6 heteroatoms. The zero-order chi connectivity index (χ0) is 19.5. The highest BCUT2D eigenvalue weighted by molar-refractivity contribution is 5.79. The summed E-state index contributed by atoms with van der Waals surface area (Å²) in [7, 11) is 3.90. The quantitative estimate of drug-likeness (QED) is 0.373. The Hall–Kier alpha value is -1.79. The minimum absolute atomic E-state index is 0.597. The number of rotatable bonds is 10. The van der Waals surface area contributed by atoms with Crippen LogP contribution >= 0.6 is 0 Å². The third-order valence-corrected chi connectivity index (χ3v) is 4.77. The Balaban J connectivity index is 1.94. The highest BCUT2D eigenvalue weighted by atomic mass is 16.5. The van der Waals surface area contributed by atoms with Crippen LogP contribution in [0.25, 0.3) is 0 Å². The van der Waals surface area contributed by atoms with Crippen LogP contribution in [-0.2, 0) is 11.3 Å². The van der Waals surface area contributed by atoms with Crippen molar-refractivity contribution in [3.05, 3.63) is 29.3 Å². The average molecular weight is 377 g/mol. The van der Waals surface area contributed by atoms with E-state index in [1.54, 1.807) is 7.11 Å². The zero-order valence-electron chi connectivity index (χ0n) is 17.4. The van der Waals surface area contributed by atoms with Crippen molar-refractivity contribution in [2.45, 2.75) is 33.2 Å². The third-order valence-electron chi connectivity index (χ3n) is 4.77. The van der Waals surface area contributed by atoms with Gasteiger partial charge in [0.2, 0.25) is 0 Å². The molecule has 1 aliphatic heterocycles. The second kappa shape index (κ2) is 11.8. The molecule has 0 amide bonds. The van der Waals surface area contributed by atoms with Crippen molar-refractivity contribution < 1.29 is 9.47 Å². The SMILES string of the molecule is CCNC(=NCc1ccc(C)cc1OCCCOC)NCC1CCN(C)C1. The fourth-order valence-electron chi connectivity index (χ4n) is 3.25. The molecule has 1 heterocycles. The summed E-state index contributed by atoms with van der Waals surface area (Å²) in [6, 6.07) is 6.31. The van der Waals surface area contributed by atoms with Crippen molar-refractivity contribution in [1.29, 1.82) is 0 Å². The molecule has 2 N–H and O–H groups in total. The number of nitrogens with zero attached hydrogens (tertiary/aromatic N) is 2. The number of nitrogens with one attached hydrogen (secondary N) is 2. The third kappa shape index (κ3) is 7.77. The summed E-state index contributed by atoms with van der Waals surface area (Å²) in [4.78, 5) is 7.16. The molecule has 0 bridgehead atoms. The maximum absolute atomic E-state index is 5.97. The van der Waals surface area contributed by atoms with Crippen LogP contribution in [-0.4, -0.2) is 64.4 Å². The Morgan fingerprint density at radius 2 is 2.15 bits per heavy atom. The predicted octanol–water partition coefficient (Wildman–Crippen LogP) is 2.42. The summed E-state index contributed by atoms with van der Waals surface area (Å²) in [5.41, 5.74) is 2.30. The van der Waals surface area contributed by atoms with Gasteiger partial charge in [-0.25, -0.2) is 4.99 Å². The van der Waals surface area contributed by atoms with E-state index in [0.29, 0.717) is 25.7 Å².